The van der Waals surface area contributed by atoms with Crippen molar-refractivity contribution in [2.75, 3.05) is 13.2 Å². The molecule has 3 atom stereocenters. The van der Waals surface area contributed by atoms with Crippen LogP contribution >= 0.6 is 0 Å². The molecule has 6 nitrogen and oxygen atoms in total. The highest BCUT2D eigenvalue weighted by atomic mass is 16.5. The topological polar surface area (TPSA) is 80.4 Å². The van der Waals surface area contributed by atoms with Crippen molar-refractivity contribution >= 4 is 0 Å². The Labute approximate surface area is 122 Å². The van der Waals surface area contributed by atoms with Gasteiger partial charge in [0.2, 0.25) is 5.89 Å². The summed E-state index contributed by atoms with van der Waals surface area (Å²) < 4.78 is 11.1. The first kappa shape index (κ1) is 12.8. The Morgan fingerprint density at radius 1 is 1.29 bits per heavy atom. The smallest absolute Gasteiger partial charge is 0.243 e. The summed E-state index contributed by atoms with van der Waals surface area (Å²) in [6.45, 7) is 1.23. The van der Waals surface area contributed by atoms with E-state index in [-0.39, 0.29) is 18.1 Å². The zero-order chi connectivity index (χ0) is 14.2. The molecule has 1 fully saturated rings. The summed E-state index contributed by atoms with van der Waals surface area (Å²) in [5, 5.41) is 16.9. The Bertz CT molecular complexity index is 643. The summed E-state index contributed by atoms with van der Waals surface area (Å²) in [5.74, 6) is 2.27. The molecule has 0 radical (unpaired) electrons. The van der Waals surface area contributed by atoms with Crippen LogP contribution in [0.15, 0.2) is 28.8 Å². The lowest BCUT2D eigenvalue weighted by Gasteiger charge is -2.23. The van der Waals surface area contributed by atoms with Crippen LogP contribution in [0.3, 0.4) is 0 Å². The quantitative estimate of drug-likeness (QED) is 0.868. The van der Waals surface area contributed by atoms with E-state index in [0.29, 0.717) is 31.3 Å². The van der Waals surface area contributed by atoms with Crippen LogP contribution in [-0.4, -0.2) is 34.5 Å². The molecule has 2 aliphatic rings. The number of para-hydroxylation sites is 1. The van der Waals surface area contributed by atoms with Crippen molar-refractivity contribution in [3.63, 3.8) is 0 Å². The van der Waals surface area contributed by atoms with E-state index in [4.69, 9.17) is 9.26 Å². The van der Waals surface area contributed by atoms with Crippen molar-refractivity contribution < 1.29 is 14.4 Å². The molecule has 0 amide bonds. The first-order valence-electron chi connectivity index (χ1n) is 7.28. The second-order valence-electron chi connectivity index (χ2n) is 5.57. The van der Waals surface area contributed by atoms with Crippen LogP contribution in [0.25, 0.3) is 0 Å². The standard InChI is InChI=1S/C15H17N3O3/c19-9-7-12(16-8-9)15-17-14(18-21-15)11-5-6-20-13-4-2-1-3-10(11)13/h1-4,9,11-12,16,19H,5-8H2/t9-,11?,12+/m1/s1. The highest BCUT2D eigenvalue weighted by molar-refractivity contribution is 5.40. The van der Waals surface area contributed by atoms with Gasteiger partial charge in [0.25, 0.3) is 0 Å². The summed E-state index contributed by atoms with van der Waals surface area (Å²) in [7, 11) is 0. The van der Waals surface area contributed by atoms with Gasteiger partial charge in [-0.25, -0.2) is 0 Å². The first-order chi connectivity index (χ1) is 10.3. The normalized spacial score (nSPS) is 28.1. The van der Waals surface area contributed by atoms with Crippen LogP contribution in [0.2, 0.25) is 0 Å². The third kappa shape index (κ3) is 2.30. The van der Waals surface area contributed by atoms with Gasteiger partial charge < -0.3 is 19.7 Å². The molecule has 1 aromatic heterocycles. The molecule has 2 N–H and O–H groups in total. The molecule has 1 aromatic carbocycles. The molecule has 2 aromatic rings. The number of ether oxygens (including phenoxy) is 1. The van der Waals surface area contributed by atoms with Crippen molar-refractivity contribution in [3.8, 4) is 5.75 Å². The Morgan fingerprint density at radius 3 is 3.05 bits per heavy atom. The Morgan fingerprint density at radius 2 is 2.19 bits per heavy atom. The maximum Gasteiger partial charge on any atom is 0.243 e. The van der Waals surface area contributed by atoms with E-state index in [1.807, 2.05) is 24.3 Å². The lowest BCUT2D eigenvalue weighted by Crippen LogP contribution is -2.17. The number of aliphatic hydroxyl groups is 1. The lowest BCUT2D eigenvalue weighted by atomic mass is 9.92. The molecule has 1 saturated heterocycles. The molecule has 4 rings (SSSR count). The third-order valence-electron chi connectivity index (χ3n) is 4.13. The summed E-state index contributed by atoms with van der Waals surface area (Å²) in [5.41, 5.74) is 1.11. The third-order valence-corrected chi connectivity index (χ3v) is 4.13. The number of aliphatic hydroxyl groups excluding tert-OH is 1. The van der Waals surface area contributed by atoms with Crippen LogP contribution in [0.4, 0.5) is 0 Å². The second-order valence-corrected chi connectivity index (χ2v) is 5.57. The number of hydrogen-bond acceptors (Lipinski definition) is 6. The van der Waals surface area contributed by atoms with Gasteiger partial charge in [-0.1, -0.05) is 23.4 Å². The maximum absolute atomic E-state index is 9.58. The minimum Gasteiger partial charge on any atom is -0.493 e. The average Bonchev–Trinajstić information content (AvgIpc) is 3.15. The highest BCUT2D eigenvalue weighted by Gasteiger charge is 2.31. The molecule has 0 bridgehead atoms. The molecule has 0 spiro atoms. The molecular weight excluding hydrogens is 270 g/mol. The largest absolute Gasteiger partial charge is 0.493 e. The zero-order valence-electron chi connectivity index (χ0n) is 11.5. The van der Waals surface area contributed by atoms with Crippen molar-refractivity contribution in [2.45, 2.75) is 30.9 Å². The lowest BCUT2D eigenvalue weighted by molar-refractivity contribution is 0.191. The van der Waals surface area contributed by atoms with Crippen molar-refractivity contribution in [2.24, 2.45) is 0 Å². The number of β-amino-alcohol motifs (C(OH)–C–C–N with tert-alkyl or cyclic N) is 1. The van der Waals surface area contributed by atoms with Crippen molar-refractivity contribution in [1.29, 1.82) is 0 Å². The van der Waals surface area contributed by atoms with Crippen LogP contribution in [0.5, 0.6) is 5.75 Å². The SMILES string of the molecule is O[C@H]1CN[C@H](c2nc(C3CCOc4ccccc43)no2)C1. The number of hydrogen-bond donors (Lipinski definition) is 2. The van der Waals surface area contributed by atoms with E-state index in [1.54, 1.807) is 0 Å². The Hall–Kier alpha value is -1.92. The van der Waals surface area contributed by atoms with E-state index in [0.717, 1.165) is 17.7 Å². The van der Waals surface area contributed by atoms with Gasteiger partial charge in [0.05, 0.1) is 24.7 Å². The van der Waals surface area contributed by atoms with Gasteiger partial charge in [-0.2, -0.15) is 4.98 Å². The number of benzene rings is 1. The summed E-state index contributed by atoms with van der Waals surface area (Å²) in [6.07, 6.45) is 1.12. The van der Waals surface area contributed by atoms with E-state index in [1.165, 1.54) is 0 Å². The van der Waals surface area contributed by atoms with E-state index < -0.39 is 0 Å². The summed E-state index contributed by atoms with van der Waals surface area (Å²) >= 11 is 0. The van der Waals surface area contributed by atoms with E-state index in [9.17, 15) is 5.11 Å². The predicted octanol–water partition coefficient (Wildman–Crippen LogP) is 1.38. The number of fused-ring (bicyclic) bond motifs is 1. The molecule has 2 aliphatic heterocycles. The molecule has 0 saturated carbocycles. The van der Waals surface area contributed by atoms with Gasteiger partial charge in [0.15, 0.2) is 5.82 Å². The van der Waals surface area contributed by atoms with Crippen molar-refractivity contribution in [3.05, 3.63) is 41.5 Å². The fraction of sp³-hybridized carbons (Fsp3) is 0.467. The fourth-order valence-electron chi connectivity index (χ4n) is 3.05. The molecule has 3 heterocycles. The monoisotopic (exact) mass is 287 g/mol. The van der Waals surface area contributed by atoms with Gasteiger partial charge in [-0.15, -0.1) is 0 Å². The van der Waals surface area contributed by atoms with Gasteiger partial charge in [0, 0.05) is 12.1 Å². The number of rotatable bonds is 2. The first-order valence-corrected chi connectivity index (χ1v) is 7.28. The maximum atomic E-state index is 9.58. The van der Waals surface area contributed by atoms with Crippen LogP contribution in [0, 0.1) is 0 Å². The molecule has 0 aliphatic carbocycles. The van der Waals surface area contributed by atoms with Gasteiger partial charge in [-0.3, -0.25) is 0 Å². The fourth-order valence-corrected chi connectivity index (χ4v) is 3.05. The number of nitrogens with one attached hydrogen (secondary N) is 1. The minimum absolute atomic E-state index is 0.0451. The predicted molar refractivity (Wildman–Crippen MR) is 74.1 cm³/mol. The second kappa shape index (κ2) is 5.13. The van der Waals surface area contributed by atoms with Gasteiger partial charge in [-0.05, 0) is 18.9 Å². The van der Waals surface area contributed by atoms with Crippen LogP contribution in [0.1, 0.15) is 42.1 Å². The molecule has 110 valence electrons. The van der Waals surface area contributed by atoms with E-state index in [2.05, 4.69) is 15.5 Å². The highest BCUT2D eigenvalue weighted by Crippen LogP contribution is 2.37. The van der Waals surface area contributed by atoms with Crippen molar-refractivity contribution in [1.82, 2.24) is 15.5 Å². The van der Waals surface area contributed by atoms with Crippen LogP contribution < -0.4 is 10.1 Å². The van der Waals surface area contributed by atoms with Gasteiger partial charge >= 0.3 is 0 Å². The Balaban J connectivity index is 1.62. The molecular formula is C15H17N3O3. The number of nitrogens with zero attached hydrogens (tertiary/aromatic N) is 2. The summed E-state index contributed by atoms with van der Waals surface area (Å²) in [6, 6.07) is 7.93. The average molecular weight is 287 g/mol. The molecule has 21 heavy (non-hydrogen) atoms. The van der Waals surface area contributed by atoms with Crippen LogP contribution in [-0.2, 0) is 0 Å². The summed E-state index contributed by atoms with van der Waals surface area (Å²) in [4.78, 5) is 4.54. The molecule has 1 unspecified atom stereocenters. The minimum atomic E-state index is -0.339. The molecule has 6 heteroatoms. The zero-order valence-corrected chi connectivity index (χ0v) is 11.5. The van der Waals surface area contributed by atoms with E-state index >= 15 is 0 Å². The van der Waals surface area contributed by atoms with Gasteiger partial charge in [0.1, 0.15) is 5.75 Å². The number of aromatic nitrogens is 2. The Kier molecular flexibility index (Phi) is 3.12.